The summed E-state index contributed by atoms with van der Waals surface area (Å²) in [7, 11) is 0. The van der Waals surface area contributed by atoms with Crippen molar-refractivity contribution in [3.8, 4) is 0 Å². The Morgan fingerprint density at radius 2 is 1.97 bits per heavy atom. The summed E-state index contributed by atoms with van der Waals surface area (Å²) >= 11 is 3.96. The maximum Gasteiger partial charge on any atom is 0.341 e. The molecule has 1 aliphatic carbocycles. The number of amides is 2. The zero-order valence-electron chi connectivity index (χ0n) is 17.8. The number of carbonyl (C=O) groups excluding carboxylic acids is 3. The number of hydrogen-bond donors (Lipinski definition) is 2. The third kappa shape index (κ3) is 6.05. The minimum atomic E-state index is -0.455. The van der Waals surface area contributed by atoms with Gasteiger partial charge < -0.3 is 15.4 Å². The Morgan fingerprint density at radius 1 is 1.16 bits per heavy atom. The van der Waals surface area contributed by atoms with Crippen LogP contribution in [0.2, 0.25) is 0 Å². The van der Waals surface area contributed by atoms with Gasteiger partial charge in [0.2, 0.25) is 16.9 Å². The number of fused-ring (bicyclic) bond motifs is 1. The van der Waals surface area contributed by atoms with E-state index in [-0.39, 0.29) is 24.4 Å². The number of aryl methyl sites for hydroxylation is 1. The lowest BCUT2D eigenvalue weighted by molar-refractivity contribution is -0.116. The van der Waals surface area contributed by atoms with Crippen LogP contribution in [0.1, 0.15) is 67.3 Å². The van der Waals surface area contributed by atoms with Gasteiger partial charge >= 0.3 is 5.97 Å². The Kier molecular flexibility index (Phi) is 8.44. The number of unbranched alkanes of at least 4 members (excludes halogenated alkanes) is 1. The number of nitrogens with zero attached hydrogens (tertiary/aromatic N) is 2. The van der Waals surface area contributed by atoms with E-state index in [9.17, 15) is 14.4 Å². The van der Waals surface area contributed by atoms with Gasteiger partial charge in [0.15, 0.2) is 4.34 Å². The predicted octanol–water partition coefficient (Wildman–Crippen LogP) is 4.51. The first-order chi connectivity index (χ1) is 14.9. The fourth-order valence-corrected chi connectivity index (χ4v) is 6.35. The molecule has 0 fully saturated rings. The maximum absolute atomic E-state index is 12.8. The molecular formula is C20H26N4O4S3. The van der Waals surface area contributed by atoms with Gasteiger partial charge in [-0.05, 0) is 45.1 Å². The molecule has 2 aromatic heterocycles. The third-order valence-corrected chi connectivity index (χ3v) is 7.92. The zero-order valence-corrected chi connectivity index (χ0v) is 20.2. The number of hydrogen-bond acceptors (Lipinski definition) is 9. The van der Waals surface area contributed by atoms with Gasteiger partial charge in [0.25, 0.3) is 0 Å². The molecule has 2 heterocycles. The van der Waals surface area contributed by atoms with Gasteiger partial charge in [-0.15, -0.1) is 21.5 Å². The van der Waals surface area contributed by atoms with Crippen LogP contribution in [0.3, 0.4) is 0 Å². The SMILES string of the molecule is CCCCC(=O)Nc1nnc(SC(C)C(=O)Nc2sc3c(c2C(=O)OCC)CCC3)s1. The van der Waals surface area contributed by atoms with Crippen LogP contribution >= 0.6 is 34.4 Å². The van der Waals surface area contributed by atoms with E-state index in [1.807, 2.05) is 6.92 Å². The van der Waals surface area contributed by atoms with Gasteiger partial charge in [0, 0.05) is 11.3 Å². The van der Waals surface area contributed by atoms with E-state index in [0.717, 1.165) is 42.5 Å². The fourth-order valence-electron chi connectivity index (χ4n) is 3.16. The molecule has 2 N–H and O–H groups in total. The summed E-state index contributed by atoms with van der Waals surface area (Å²) < 4.78 is 5.80. The van der Waals surface area contributed by atoms with Crippen molar-refractivity contribution < 1.29 is 19.1 Å². The number of thioether (sulfide) groups is 1. The summed E-state index contributed by atoms with van der Waals surface area (Å²) in [4.78, 5) is 38.2. The molecule has 0 bridgehead atoms. The Hall–Kier alpha value is -1.98. The second-order valence-electron chi connectivity index (χ2n) is 7.06. The summed E-state index contributed by atoms with van der Waals surface area (Å²) in [6, 6.07) is 0. The van der Waals surface area contributed by atoms with E-state index in [1.165, 1.54) is 34.4 Å². The van der Waals surface area contributed by atoms with Crippen molar-refractivity contribution in [2.45, 2.75) is 68.9 Å². The summed E-state index contributed by atoms with van der Waals surface area (Å²) in [5, 5.41) is 14.2. The Labute approximate surface area is 193 Å². The molecule has 0 radical (unpaired) electrons. The molecule has 0 aromatic carbocycles. The van der Waals surface area contributed by atoms with Crippen molar-refractivity contribution in [1.82, 2.24) is 10.2 Å². The molecule has 31 heavy (non-hydrogen) atoms. The highest BCUT2D eigenvalue weighted by Gasteiger charge is 2.29. The molecule has 1 atom stereocenters. The molecular weight excluding hydrogens is 456 g/mol. The van der Waals surface area contributed by atoms with Gasteiger partial charge in [-0.25, -0.2) is 4.79 Å². The first kappa shape index (κ1) is 23.7. The minimum Gasteiger partial charge on any atom is -0.462 e. The topological polar surface area (TPSA) is 110 Å². The monoisotopic (exact) mass is 482 g/mol. The highest BCUT2D eigenvalue weighted by Crippen LogP contribution is 2.40. The lowest BCUT2D eigenvalue weighted by Gasteiger charge is -2.11. The molecule has 2 aromatic rings. The molecule has 1 aliphatic rings. The second-order valence-corrected chi connectivity index (χ2v) is 10.7. The zero-order chi connectivity index (χ0) is 22.4. The normalized spacial score (nSPS) is 13.5. The summed E-state index contributed by atoms with van der Waals surface area (Å²) in [5.74, 6) is -0.693. The number of esters is 1. The van der Waals surface area contributed by atoms with Gasteiger partial charge in [-0.2, -0.15) is 0 Å². The van der Waals surface area contributed by atoms with Crippen molar-refractivity contribution in [2.75, 3.05) is 17.2 Å². The van der Waals surface area contributed by atoms with Crippen molar-refractivity contribution >= 4 is 62.4 Å². The van der Waals surface area contributed by atoms with Crippen LogP contribution in [0.25, 0.3) is 0 Å². The van der Waals surface area contributed by atoms with Crippen LogP contribution < -0.4 is 10.6 Å². The standard InChI is InChI=1S/C20H26N4O4S3/c1-4-6-10-14(25)21-19-23-24-20(31-19)29-11(3)16(26)22-17-15(18(27)28-5-2)12-8-7-9-13(12)30-17/h11H,4-10H2,1-3H3,(H,22,26)(H,21,23,25). The smallest absolute Gasteiger partial charge is 0.341 e. The highest BCUT2D eigenvalue weighted by atomic mass is 32.2. The van der Waals surface area contributed by atoms with Gasteiger partial charge in [-0.3, -0.25) is 9.59 Å². The van der Waals surface area contributed by atoms with Crippen LogP contribution in [0, 0.1) is 0 Å². The van der Waals surface area contributed by atoms with E-state index in [4.69, 9.17) is 4.74 Å². The number of carbonyl (C=O) groups is 3. The molecule has 0 saturated carbocycles. The maximum atomic E-state index is 12.8. The first-order valence-corrected chi connectivity index (χ1v) is 12.9. The average Bonchev–Trinajstić information content (AvgIpc) is 3.42. The van der Waals surface area contributed by atoms with Crippen LogP contribution in [-0.2, 0) is 27.2 Å². The molecule has 8 nitrogen and oxygen atoms in total. The van der Waals surface area contributed by atoms with E-state index in [0.29, 0.717) is 26.5 Å². The minimum absolute atomic E-state index is 0.0856. The Morgan fingerprint density at radius 3 is 2.71 bits per heavy atom. The van der Waals surface area contributed by atoms with Gasteiger partial charge in [0.05, 0.1) is 17.4 Å². The van der Waals surface area contributed by atoms with Gasteiger partial charge in [0.1, 0.15) is 5.00 Å². The number of anilines is 2. The number of thiophene rings is 1. The molecule has 1 unspecified atom stereocenters. The summed E-state index contributed by atoms with van der Waals surface area (Å²) in [6.07, 6.45) is 4.99. The number of nitrogens with one attached hydrogen (secondary N) is 2. The van der Waals surface area contributed by atoms with Gasteiger partial charge in [-0.1, -0.05) is 36.4 Å². The lowest BCUT2D eigenvalue weighted by Crippen LogP contribution is -2.23. The number of rotatable bonds is 10. The third-order valence-electron chi connectivity index (χ3n) is 4.69. The molecule has 2 amide bonds. The molecule has 0 spiro atoms. The largest absolute Gasteiger partial charge is 0.462 e. The highest BCUT2D eigenvalue weighted by molar-refractivity contribution is 8.02. The fraction of sp³-hybridized carbons (Fsp3) is 0.550. The van der Waals surface area contributed by atoms with Crippen LogP contribution in [0.4, 0.5) is 10.1 Å². The Bertz CT molecular complexity index is 956. The van der Waals surface area contributed by atoms with Crippen LogP contribution in [0.5, 0.6) is 0 Å². The first-order valence-electron chi connectivity index (χ1n) is 10.3. The van der Waals surface area contributed by atoms with E-state index < -0.39 is 5.25 Å². The molecule has 0 saturated heterocycles. The van der Waals surface area contributed by atoms with Crippen molar-refractivity contribution in [2.24, 2.45) is 0 Å². The quantitative estimate of drug-likeness (QED) is 0.291. The van der Waals surface area contributed by atoms with Crippen molar-refractivity contribution in [1.29, 1.82) is 0 Å². The lowest BCUT2D eigenvalue weighted by atomic mass is 10.1. The number of aromatic nitrogens is 2. The molecule has 0 aliphatic heterocycles. The van der Waals surface area contributed by atoms with E-state index in [1.54, 1.807) is 13.8 Å². The molecule has 11 heteroatoms. The second kappa shape index (κ2) is 11.1. The van der Waals surface area contributed by atoms with Crippen molar-refractivity contribution in [3.63, 3.8) is 0 Å². The Balaban J connectivity index is 1.62. The number of ether oxygens (including phenoxy) is 1. The van der Waals surface area contributed by atoms with E-state index in [2.05, 4.69) is 20.8 Å². The summed E-state index contributed by atoms with van der Waals surface area (Å²) in [5.41, 5.74) is 1.50. The predicted molar refractivity (Wildman–Crippen MR) is 124 cm³/mol. The molecule has 3 rings (SSSR count). The average molecular weight is 483 g/mol. The van der Waals surface area contributed by atoms with Crippen molar-refractivity contribution in [3.05, 3.63) is 16.0 Å². The molecule has 168 valence electrons. The van der Waals surface area contributed by atoms with E-state index >= 15 is 0 Å². The van der Waals surface area contributed by atoms with Crippen LogP contribution in [0.15, 0.2) is 4.34 Å². The van der Waals surface area contributed by atoms with Crippen LogP contribution in [-0.4, -0.2) is 39.8 Å². The summed E-state index contributed by atoms with van der Waals surface area (Å²) in [6.45, 7) is 5.85.